The number of aryl methyl sites for hydroxylation is 1. The molecule has 0 N–H and O–H groups in total. The van der Waals surface area contributed by atoms with Crippen molar-refractivity contribution in [3.63, 3.8) is 0 Å². The summed E-state index contributed by atoms with van der Waals surface area (Å²) in [6, 6.07) is 7.18. The van der Waals surface area contributed by atoms with E-state index in [9.17, 15) is 8.42 Å². The molecule has 1 aromatic rings. The Morgan fingerprint density at radius 1 is 1.00 bits per heavy atom. The molecule has 0 aliphatic carbocycles. The van der Waals surface area contributed by atoms with Gasteiger partial charge >= 0.3 is 0 Å². The molecular weight excluding hydrogens is 208 g/mol. The van der Waals surface area contributed by atoms with E-state index in [4.69, 9.17) is 0 Å². The zero-order chi connectivity index (χ0) is 11.1. The second kappa shape index (κ2) is 6.62. The first-order valence-corrected chi connectivity index (χ1v) is 6.65. The van der Waals surface area contributed by atoms with Crippen molar-refractivity contribution in [1.82, 2.24) is 0 Å². The summed E-state index contributed by atoms with van der Waals surface area (Å²) in [5, 5.41) is 0. The standard InChI is InChI=1S/C12H18O2S/c1-2-3-4-5-6-11-7-9-12(10-8-11)15(13)14/h7-10,15H,2-6H2,1H3. The summed E-state index contributed by atoms with van der Waals surface area (Å²) in [6.07, 6.45) is 6.03. The molecule has 0 unspecified atom stereocenters. The summed E-state index contributed by atoms with van der Waals surface area (Å²) in [7, 11) is -2.43. The van der Waals surface area contributed by atoms with E-state index in [0.29, 0.717) is 4.90 Å². The Kier molecular flexibility index (Phi) is 5.40. The molecule has 0 saturated carbocycles. The number of hydrogen-bond acceptors (Lipinski definition) is 2. The summed E-state index contributed by atoms with van der Waals surface area (Å²) in [5.41, 5.74) is 1.23. The minimum Gasteiger partial charge on any atom is -0.227 e. The van der Waals surface area contributed by atoms with Crippen LogP contribution in [0, 0.1) is 0 Å². The number of hydrogen-bond donors (Lipinski definition) is 1. The lowest BCUT2D eigenvalue weighted by Gasteiger charge is -2.01. The largest absolute Gasteiger partial charge is 0.227 e. The first-order chi connectivity index (χ1) is 7.24. The molecule has 0 heterocycles. The molecule has 0 saturated heterocycles. The lowest BCUT2D eigenvalue weighted by molar-refractivity contribution is 0.614. The zero-order valence-corrected chi connectivity index (χ0v) is 10.0. The van der Waals surface area contributed by atoms with Crippen LogP contribution in [0.1, 0.15) is 38.2 Å². The van der Waals surface area contributed by atoms with Gasteiger partial charge in [-0.05, 0) is 30.5 Å². The van der Waals surface area contributed by atoms with Crippen LogP contribution in [0.25, 0.3) is 0 Å². The van der Waals surface area contributed by atoms with E-state index in [-0.39, 0.29) is 0 Å². The van der Waals surface area contributed by atoms with Gasteiger partial charge in [-0.2, -0.15) is 0 Å². The first kappa shape index (κ1) is 12.2. The number of rotatable bonds is 6. The molecule has 15 heavy (non-hydrogen) atoms. The van der Waals surface area contributed by atoms with Gasteiger partial charge in [0.05, 0.1) is 4.90 Å². The molecule has 84 valence electrons. The molecule has 1 rings (SSSR count). The smallest absolute Gasteiger partial charge is 0.168 e. The van der Waals surface area contributed by atoms with Gasteiger partial charge in [0.25, 0.3) is 0 Å². The molecule has 0 aliphatic heterocycles. The van der Waals surface area contributed by atoms with E-state index < -0.39 is 10.7 Å². The van der Waals surface area contributed by atoms with Gasteiger partial charge in [0.15, 0.2) is 10.7 Å². The quantitative estimate of drug-likeness (QED) is 0.598. The predicted octanol–water partition coefficient (Wildman–Crippen LogP) is 2.78. The van der Waals surface area contributed by atoms with Crippen molar-refractivity contribution in [2.45, 2.75) is 43.9 Å². The number of unbranched alkanes of at least 4 members (excludes halogenated alkanes) is 3. The van der Waals surface area contributed by atoms with E-state index in [1.165, 1.54) is 31.2 Å². The Morgan fingerprint density at radius 2 is 1.67 bits per heavy atom. The topological polar surface area (TPSA) is 34.1 Å². The van der Waals surface area contributed by atoms with Crippen molar-refractivity contribution < 1.29 is 8.42 Å². The summed E-state index contributed by atoms with van der Waals surface area (Å²) in [4.78, 5) is 0.405. The highest BCUT2D eigenvalue weighted by Crippen LogP contribution is 2.10. The third-order valence-corrected chi connectivity index (χ3v) is 3.19. The van der Waals surface area contributed by atoms with Crippen molar-refractivity contribution >= 4 is 10.7 Å². The van der Waals surface area contributed by atoms with Gasteiger partial charge in [0.1, 0.15) is 0 Å². The zero-order valence-electron chi connectivity index (χ0n) is 9.11. The van der Waals surface area contributed by atoms with Gasteiger partial charge in [-0.15, -0.1) is 0 Å². The first-order valence-electron chi connectivity index (χ1n) is 5.47. The molecular formula is C12H18O2S. The molecule has 2 nitrogen and oxygen atoms in total. The monoisotopic (exact) mass is 226 g/mol. The van der Waals surface area contributed by atoms with E-state index in [0.717, 1.165) is 6.42 Å². The van der Waals surface area contributed by atoms with Crippen LogP contribution < -0.4 is 0 Å². The van der Waals surface area contributed by atoms with Crippen LogP contribution in [0.15, 0.2) is 29.2 Å². The van der Waals surface area contributed by atoms with Crippen LogP contribution in [-0.4, -0.2) is 8.42 Å². The number of thiol groups is 1. The second-order valence-electron chi connectivity index (χ2n) is 3.73. The molecule has 0 amide bonds. The summed E-state index contributed by atoms with van der Waals surface area (Å²) in [6.45, 7) is 2.19. The second-order valence-corrected chi connectivity index (χ2v) is 4.76. The number of benzene rings is 1. The third kappa shape index (κ3) is 4.47. The van der Waals surface area contributed by atoms with Crippen molar-refractivity contribution in [1.29, 1.82) is 0 Å². The Morgan fingerprint density at radius 3 is 2.20 bits per heavy atom. The van der Waals surface area contributed by atoms with E-state index >= 15 is 0 Å². The van der Waals surface area contributed by atoms with Gasteiger partial charge in [0.2, 0.25) is 0 Å². The van der Waals surface area contributed by atoms with Crippen LogP contribution in [0.3, 0.4) is 0 Å². The molecule has 0 aliphatic rings. The molecule has 0 radical (unpaired) electrons. The molecule has 0 aromatic heterocycles. The van der Waals surface area contributed by atoms with Crippen molar-refractivity contribution in [2.24, 2.45) is 0 Å². The van der Waals surface area contributed by atoms with Crippen LogP contribution >= 0.6 is 0 Å². The highest BCUT2D eigenvalue weighted by Gasteiger charge is 1.96. The van der Waals surface area contributed by atoms with Gasteiger partial charge in [-0.1, -0.05) is 38.3 Å². The fraction of sp³-hybridized carbons (Fsp3) is 0.500. The van der Waals surface area contributed by atoms with Crippen molar-refractivity contribution in [2.75, 3.05) is 0 Å². The predicted molar refractivity (Wildman–Crippen MR) is 62.9 cm³/mol. The Hall–Kier alpha value is -0.830. The SMILES string of the molecule is CCCCCCc1ccc([SH](=O)=O)cc1. The molecule has 1 aromatic carbocycles. The lowest BCUT2D eigenvalue weighted by Crippen LogP contribution is -1.87. The van der Waals surface area contributed by atoms with Crippen LogP contribution in [0.2, 0.25) is 0 Å². The minimum atomic E-state index is -2.43. The Bertz CT molecular complexity index is 344. The Balaban J connectivity index is 2.43. The maximum atomic E-state index is 10.6. The van der Waals surface area contributed by atoms with Gasteiger partial charge in [0, 0.05) is 0 Å². The maximum Gasteiger partial charge on any atom is 0.168 e. The summed E-state index contributed by atoms with van der Waals surface area (Å²) < 4.78 is 21.3. The van der Waals surface area contributed by atoms with Gasteiger partial charge in [-0.25, -0.2) is 8.42 Å². The average Bonchev–Trinajstić information content (AvgIpc) is 2.25. The van der Waals surface area contributed by atoms with E-state index in [1.807, 2.05) is 12.1 Å². The van der Waals surface area contributed by atoms with E-state index in [1.54, 1.807) is 12.1 Å². The fourth-order valence-corrected chi connectivity index (χ4v) is 1.93. The third-order valence-electron chi connectivity index (χ3n) is 2.47. The summed E-state index contributed by atoms with van der Waals surface area (Å²) >= 11 is 0. The average molecular weight is 226 g/mol. The Labute approximate surface area is 93.3 Å². The maximum absolute atomic E-state index is 10.6. The van der Waals surface area contributed by atoms with Gasteiger partial charge in [-0.3, -0.25) is 0 Å². The van der Waals surface area contributed by atoms with Crippen LogP contribution in [-0.2, 0) is 17.1 Å². The van der Waals surface area contributed by atoms with E-state index in [2.05, 4.69) is 6.92 Å². The van der Waals surface area contributed by atoms with Crippen LogP contribution in [0.5, 0.6) is 0 Å². The van der Waals surface area contributed by atoms with Crippen LogP contribution in [0.4, 0.5) is 0 Å². The molecule has 0 spiro atoms. The summed E-state index contributed by atoms with van der Waals surface area (Å²) in [5.74, 6) is 0. The lowest BCUT2D eigenvalue weighted by atomic mass is 10.1. The minimum absolute atomic E-state index is 0.405. The molecule has 3 heteroatoms. The molecule has 0 fully saturated rings. The fourth-order valence-electron chi connectivity index (χ4n) is 1.54. The highest BCUT2D eigenvalue weighted by atomic mass is 32.2. The molecule has 0 atom stereocenters. The van der Waals surface area contributed by atoms with Crippen molar-refractivity contribution in [3.05, 3.63) is 29.8 Å². The van der Waals surface area contributed by atoms with Crippen molar-refractivity contribution in [3.8, 4) is 0 Å². The molecule has 0 bridgehead atoms. The highest BCUT2D eigenvalue weighted by molar-refractivity contribution is 7.72. The van der Waals surface area contributed by atoms with Gasteiger partial charge < -0.3 is 0 Å². The normalized spacial score (nSPS) is 10.8.